The fourth-order valence-electron chi connectivity index (χ4n) is 5.48. The monoisotopic (exact) mass is 447 g/mol. The maximum Gasteiger partial charge on any atom is 0.116 e. The summed E-state index contributed by atoms with van der Waals surface area (Å²) in [5.74, 6) is 0. The van der Waals surface area contributed by atoms with Crippen LogP contribution in [-0.4, -0.2) is 7.85 Å². The van der Waals surface area contributed by atoms with Crippen LogP contribution in [0.3, 0.4) is 0 Å². The summed E-state index contributed by atoms with van der Waals surface area (Å²) >= 11 is 0. The minimum atomic E-state index is -0.0677. The molecule has 1 nitrogen and oxygen atoms in total. The van der Waals surface area contributed by atoms with Gasteiger partial charge in [0, 0.05) is 22.4 Å². The number of anilines is 3. The van der Waals surface area contributed by atoms with E-state index in [0.29, 0.717) is 0 Å². The van der Waals surface area contributed by atoms with E-state index in [0.717, 1.165) is 22.5 Å². The van der Waals surface area contributed by atoms with Crippen LogP contribution in [0.4, 0.5) is 17.1 Å². The van der Waals surface area contributed by atoms with E-state index < -0.39 is 0 Å². The highest BCUT2D eigenvalue weighted by Gasteiger charge is 2.37. The molecule has 0 saturated heterocycles. The van der Waals surface area contributed by atoms with E-state index in [-0.39, 0.29) is 5.41 Å². The lowest BCUT2D eigenvalue weighted by Gasteiger charge is -2.30. The summed E-state index contributed by atoms with van der Waals surface area (Å²) in [5.41, 5.74) is 11.5. The zero-order valence-corrected chi connectivity index (χ0v) is 20.1. The molecule has 0 bridgehead atoms. The number of para-hydroxylation sites is 1. The molecular weight excluding hydrogens is 421 g/mol. The molecule has 1 aliphatic carbocycles. The number of hydrogen-bond donors (Lipinski definition) is 0. The van der Waals surface area contributed by atoms with Crippen molar-refractivity contribution in [1.82, 2.24) is 0 Å². The molecule has 6 rings (SSSR count). The van der Waals surface area contributed by atoms with E-state index in [1.54, 1.807) is 0 Å². The van der Waals surface area contributed by atoms with Gasteiger partial charge in [-0.2, -0.15) is 0 Å². The first-order chi connectivity index (χ1) is 17.1. The van der Waals surface area contributed by atoms with Gasteiger partial charge < -0.3 is 4.90 Å². The van der Waals surface area contributed by atoms with Gasteiger partial charge in [0.1, 0.15) is 7.85 Å². The third kappa shape index (κ3) is 3.49. The van der Waals surface area contributed by atoms with Gasteiger partial charge in [-0.25, -0.2) is 0 Å². The molecule has 166 valence electrons. The van der Waals surface area contributed by atoms with Gasteiger partial charge in [-0.3, -0.25) is 0 Å². The van der Waals surface area contributed by atoms with Crippen LogP contribution in [0.25, 0.3) is 22.3 Å². The maximum absolute atomic E-state index is 6.60. The lowest BCUT2D eigenvalue weighted by Crippen LogP contribution is -2.20. The van der Waals surface area contributed by atoms with Crippen molar-refractivity contribution in [3.05, 3.63) is 132 Å². The highest BCUT2D eigenvalue weighted by Crippen LogP contribution is 2.53. The zero-order valence-electron chi connectivity index (χ0n) is 20.1. The van der Waals surface area contributed by atoms with Gasteiger partial charge in [0.15, 0.2) is 0 Å². The van der Waals surface area contributed by atoms with Gasteiger partial charge in [-0.05, 0) is 52.1 Å². The van der Waals surface area contributed by atoms with Crippen molar-refractivity contribution >= 4 is 30.4 Å². The van der Waals surface area contributed by atoms with Crippen molar-refractivity contribution in [2.75, 3.05) is 4.90 Å². The number of hydrogen-bond acceptors (Lipinski definition) is 1. The van der Waals surface area contributed by atoms with Crippen molar-refractivity contribution in [3.8, 4) is 22.3 Å². The molecular formula is C33H26BN. The Labute approximate surface area is 209 Å². The highest BCUT2D eigenvalue weighted by molar-refractivity contribution is 6.36. The van der Waals surface area contributed by atoms with Gasteiger partial charge in [0.2, 0.25) is 0 Å². The minimum Gasteiger partial charge on any atom is -0.310 e. The molecule has 0 aromatic heterocycles. The van der Waals surface area contributed by atoms with Crippen molar-refractivity contribution < 1.29 is 0 Å². The molecule has 0 amide bonds. The molecule has 0 heterocycles. The molecule has 0 aliphatic heterocycles. The number of nitrogens with zero attached hydrogens (tertiary/aromatic N) is 1. The number of benzene rings is 5. The number of fused-ring (bicyclic) bond motifs is 3. The molecule has 0 N–H and O–H groups in total. The van der Waals surface area contributed by atoms with Gasteiger partial charge in [0.25, 0.3) is 0 Å². The Balaban J connectivity index is 1.63. The maximum atomic E-state index is 6.60. The first-order valence-corrected chi connectivity index (χ1v) is 12.1. The van der Waals surface area contributed by atoms with Crippen molar-refractivity contribution in [2.45, 2.75) is 19.3 Å². The van der Waals surface area contributed by atoms with Crippen LogP contribution in [0, 0.1) is 0 Å². The third-order valence-electron chi connectivity index (χ3n) is 7.22. The van der Waals surface area contributed by atoms with Gasteiger partial charge in [-0.1, -0.05) is 116 Å². The standard InChI is InChI=1S/C33H26BN/c1-33(2)27-17-7-6-16-26(27)32-28(33)18-11-21-31(32)35(30-20-9-8-19-29(30)34)25-15-10-14-24(22-25)23-12-4-3-5-13-23/h3-22H,1-2H3. The molecule has 0 spiro atoms. The Kier molecular flexibility index (Phi) is 5.11. The largest absolute Gasteiger partial charge is 0.310 e. The fraction of sp³-hybridized carbons (Fsp3) is 0.0909. The summed E-state index contributed by atoms with van der Waals surface area (Å²) < 4.78 is 0. The normalized spacial score (nSPS) is 13.2. The molecule has 0 unspecified atom stereocenters. The lowest BCUT2D eigenvalue weighted by molar-refractivity contribution is 0.660. The summed E-state index contributed by atoms with van der Waals surface area (Å²) in [4.78, 5) is 2.32. The Hall–Kier alpha value is -4.04. The van der Waals surface area contributed by atoms with E-state index in [1.807, 2.05) is 12.1 Å². The quantitative estimate of drug-likeness (QED) is 0.253. The molecule has 0 atom stereocenters. The number of rotatable bonds is 4. The SMILES string of the molecule is [B]c1ccccc1N(c1cccc(-c2ccccc2)c1)c1cccc2c1-c1ccccc1C2(C)C. The van der Waals surface area contributed by atoms with Gasteiger partial charge >= 0.3 is 0 Å². The van der Waals surface area contributed by atoms with Crippen molar-refractivity contribution in [1.29, 1.82) is 0 Å². The molecule has 2 heteroatoms. The predicted molar refractivity (Wildman–Crippen MR) is 150 cm³/mol. The van der Waals surface area contributed by atoms with E-state index in [2.05, 4.69) is 128 Å². The van der Waals surface area contributed by atoms with E-state index in [9.17, 15) is 0 Å². The lowest BCUT2D eigenvalue weighted by atomic mass is 9.82. The molecule has 35 heavy (non-hydrogen) atoms. The summed E-state index contributed by atoms with van der Waals surface area (Å²) in [5, 5.41) is 0. The molecule has 2 radical (unpaired) electrons. The molecule has 0 fully saturated rings. The minimum absolute atomic E-state index is 0.0677. The zero-order chi connectivity index (χ0) is 24.0. The second kappa shape index (κ2) is 8.32. The van der Waals surface area contributed by atoms with E-state index in [1.165, 1.54) is 33.4 Å². The van der Waals surface area contributed by atoms with Gasteiger partial charge in [-0.15, -0.1) is 0 Å². The average Bonchev–Trinajstić information content (AvgIpc) is 3.14. The fourth-order valence-corrected chi connectivity index (χ4v) is 5.48. The van der Waals surface area contributed by atoms with Crippen molar-refractivity contribution in [2.24, 2.45) is 0 Å². The molecule has 5 aromatic carbocycles. The molecule has 0 saturated carbocycles. The first kappa shape index (κ1) is 21.5. The predicted octanol–water partition coefficient (Wildman–Crippen LogP) is 7.92. The summed E-state index contributed by atoms with van der Waals surface area (Å²) in [6.07, 6.45) is 0. The van der Waals surface area contributed by atoms with Crippen LogP contribution >= 0.6 is 0 Å². The van der Waals surface area contributed by atoms with Crippen molar-refractivity contribution in [3.63, 3.8) is 0 Å². The van der Waals surface area contributed by atoms with Crippen LogP contribution in [0.15, 0.2) is 121 Å². The van der Waals surface area contributed by atoms with Crippen LogP contribution in [0.1, 0.15) is 25.0 Å². The van der Waals surface area contributed by atoms with Crippen LogP contribution in [-0.2, 0) is 5.41 Å². The average molecular weight is 447 g/mol. The van der Waals surface area contributed by atoms with Crippen LogP contribution in [0.2, 0.25) is 0 Å². The Morgan fingerprint density at radius 2 is 1.20 bits per heavy atom. The molecule has 1 aliphatic rings. The Morgan fingerprint density at radius 3 is 2.03 bits per heavy atom. The smallest absolute Gasteiger partial charge is 0.116 e. The van der Waals surface area contributed by atoms with E-state index in [4.69, 9.17) is 7.85 Å². The van der Waals surface area contributed by atoms with Crippen LogP contribution < -0.4 is 10.4 Å². The summed E-state index contributed by atoms with van der Waals surface area (Å²) in [6, 6.07) is 42.8. The summed E-state index contributed by atoms with van der Waals surface area (Å²) in [7, 11) is 6.60. The van der Waals surface area contributed by atoms with E-state index >= 15 is 0 Å². The second-order valence-electron chi connectivity index (χ2n) is 9.68. The first-order valence-electron chi connectivity index (χ1n) is 12.1. The Bertz CT molecular complexity index is 1530. The summed E-state index contributed by atoms with van der Waals surface area (Å²) in [6.45, 7) is 4.64. The highest BCUT2D eigenvalue weighted by atomic mass is 15.1. The Morgan fingerprint density at radius 1 is 0.571 bits per heavy atom. The molecule has 5 aromatic rings. The second-order valence-corrected chi connectivity index (χ2v) is 9.68. The third-order valence-corrected chi connectivity index (χ3v) is 7.22. The van der Waals surface area contributed by atoms with Crippen LogP contribution in [0.5, 0.6) is 0 Å². The van der Waals surface area contributed by atoms with Gasteiger partial charge in [0.05, 0.1) is 5.69 Å². The topological polar surface area (TPSA) is 3.24 Å².